The monoisotopic (exact) mass is 413 g/mol. The van der Waals surface area contributed by atoms with Gasteiger partial charge in [-0.15, -0.1) is 0 Å². The number of aromatic nitrogens is 1. The molecular formula is C24H19N3O4. The largest absolute Gasteiger partial charge is 0.478 e. The number of nitrogens with zero attached hydrogens (tertiary/aromatic N) is 1. The highest BCUT2D eigenvalue weighted by molar-refractivity contribution is 6.16. The summed E-state index contributed by atoms with van der Waals surface area (Å²) in [6, 6.07) is 19.7. The van der Waals surface area contributed by atoms with Crippen LogP contribution in [-0.4, -0.2) is 33.9 Å². The Labute approximate surface area is 177 Å². The average molecular weight is 413 g/mol. The van der Waals surface area contributed by atoms with Crippen molar-refractivity contribution in [1.29, 1.82) is 0 Å². The fraction of sp³-hybridized carbons (Fsp3) is 0.0833. The van der Waals surface area contributed by atoms with E-state index in [0.717, 1.165) is 0 Å². The summed E-state index contributed by atoms with van der Waals surface area (Å²) in [5, 5.41) is 13.1. The van der Waals surface area contributed by atoms with E-state index in [0.29, 0.717) is 32.9 Å². The van der Waals surface area contributed by atoms with E-state index in [1.807, 2.05) is 48.5 Å². The number of nitrogens with one attached hydrogen (secondary N) is 1. The molecule has 4 aromatic rings. The van der Waals surface area contributed by atoms with Gasteiger partial charge in [0.25, 0.3) is 5.91 Å². The Morgan fingerprint density at radius 1 is 0.871 bits per heavy atom. The predicted molar refractivity (Wildman–Crippen MR) is 117 cm³/mol. The van der Waals surface area contributed by atoms with Gasteiger partial charge in [-0.3, -0.25) is 9.59 Å². The molecule has 1 aromatic heterocycles. The number of benzene rings is 3. The molecule has 0 spiro atoms. The Morgan fingerprint density at radius 3 is 1.94 bits per heavy atom. The van der Waals surface area contributed by atoms with Crippen LogP contribution in [0.25, 0.3) is 21.8 Å². The van der Waals surface area contributed by atoms with E-state index in [4.69, 9.17) is 10.8 Å². The predicted octanol–water partition coefficient (Wildman–Crippen LogP) is 2.91. The van der Waals surface area contributed by atoms with Crippen LogP contribution in [0.2, 0.25) is 0 Å². The van der Waals surface area contributed by atoms with Crippen LogP contribution in [0, 0.1) is 0 Å². The van der Waals surface area contributed by atoms with Crippen molar-refractivity contribution in [2.75, 3.05) is 0 Å². The highest BCUT2D eigenvalue weighted by Gasteiger charge is 2.23. The lowest BCUT2D eigenvalue weighted by Crippen LogP contribution is -2.46. The molecule has 0 fully saturated rings. The second kappa shape index (κ2) is 8.23. The highest BCUT2D eigenvalue weighted by atomic mass is 16.4. The molecule has 1 heterocycles. The van der Waals surface area contributed by atoms with Crippen molar-refractivity contribution in [3.05, 3.63) is 89.5 Å². The summed E-state index contributed by atoms with van der Waals surface area (Å²) in [5.41, 5.74) is 8.14. The zero-order valence-electron chi connectivity index (χ0n) is 16.4. The van der Waals surface area contributed by atoms with Gasteiger partial charge in [0.05, 0.1) is 22.2 Å². The molecule has 0 aliphatic heterocycles. The third kappa shape index (κ3) is 4.06. The number of rotatable bonds is 6. The number of hydrogen-bond donors (Lipinski definition) is 3. The van der Waals surface area contributed by atoms with E-state index in [1.54, 1.807) is 12.1 Å². The number of primary amides is 1. The standard InChI is InChI=1S/C24H19N3O4/c25-22(28)20(13-14-9-11-15(12-10-14)24(30)31)27-23(29)21-16-5-1-3-7-18(16)26-19-8-4-2-6-17(19)21/h1-12,20H,13H2,(H2,25,28)(H,27,29)(H,30,31)/t20-/m0/s1. The summed E-state index contributed by atoms with van der Waals surface area (Å²) >= 11 is 0. The molecule has 0 radical (unpaired) electrons. The second-order valence-corrected chi connectivity index (χ2v) is 7.16. The SMILES string of the molecule is NC(=O)[C@H](Cc1ccc(C(=O)O)cc1)NC(=O)c1c2ccccc2nc2ccccc12. The molecular weight excluding hydrogens is 394 g/mol. The Kier molecular flexibility index (Phi) is 5.32. The lowest BCUT2D eigenvalue weighted by molar-refractivity contribution is -0.119. The van der Waals surface area contributed by atoms with Crippen LogP contribution in [0.3, 0.4) is 0 Å². The first kappa shape index (κ1) is 20.0. The van der Waals surface area contributed by atoms with Gasteiger partial charge in [-0.25, -0.2) is 9.78 Å². The van der Waals surface area contributed by atoms with Crippen LogP contribution in [0.5, 0.6) is 0 Å². The van der Waals surface area contributed by atoms with E-state index in [9.17, 15) is 14.4 Å². The minimum Gasteiger partial charge on any atom is -0.478 e. The molecule has 4 rings (SSSR count). The minimum atomic E-state index is -1.04. The van der Waals surface area contributed by atoms with Crippen molar-refractivity contribution in [1.82, 2.24) is 10.3 Å². The zero-order valence-corrected chi connectivity index (χ0v) is 16.4. The van der Waals surface area contributed by atoms with Gasteiger partial charge in [-0.1, -0.05) is 48.5 Å². The topological polar surface area (TPSA) is 122 Å². The van der Waals surface area contributed by atoms with Crippen LogP contribution in [0.15, 0.2) is 72.8 Å². The molecule has 1 atom stereocenters. The number of carboxylic acid groups (broad SMARTS) is 1. The molecule has 0 unspecified atom stereocenters. The number of nitrogens with two attached hydrogens (primary N) is 1. The Balaban J connectivity index is 1.68. The molecule has 4 N–H and O–H groups in total. The number of para-hydroxylation sites is 2. The van der Waals surface area contributed by atoms with Crippen molar-refractivity contribution in [3.8, 4) is 0 Å². The van der Waals surface area contributed by atoms with Gasteiger partial charge < -0.3 is 16.2 Å². The van der Waals surface area contributed by atoms with Gasteiger partial charge in [0, 0.05) is 17.2 Å². The quantitative estimate of drug-likeness (QED) is 0.420. The van der Waals surface area contributed by atoms with Crippen molar-refractivity contribution in [3.63, 3.8) is 0 Å². The Bertz CT molecular complexity index is 1260. The van der Waals surface area contributed by atoms with E-state index in [1.165, 1.54) is 12.1 Å². The van der Waals surface area contributed by atoms with Gasteiger partial charge in [-0.05, 0) is 29.8 Å². The van der Waals surface area contributed by atoms with Crippen molar-refractivity contribution in [2.24, 2.45) is 5.73 Å². The summed E-state index contributed by atoms with van der Waals surface area (Å²) in [4.78, 5) is 41.0. The van der Waals surface area contributed by atoms with E-state index in [-0.39, 0.29) is 12.0 Å². The number of fused-ring (bicyclic) bond motifs is 2. The Morgan fingerprint density at radius 2 is 1.42 bits per heavy atom. The summed E-state index contributed by atoms with van der Waals surface area (Å²) in [5.74, 6) is -2.15. The van der Waals surface area contributed by atoms with Gasteiger partial charge in [-0.2, -0.15) is 0 Å². The minimum absolute atomic E-state index is 0.137. The number of carboxylic acids is 1. The first-order valence-corrected chi connectivity index (χ1v) is 9.64. The number of hydrogen-bond acceptors (Lipinski definition) is 4. The maximum Gasteiger partial charge on any atom is 0.335 e. The maximum absolute atomic E-state index is 13.3. The van der Waals surface area contributed by atoms with Gasteiger partial charge >= 0.3 is 5.97 Å². The van der Waals surface area contributed by atoms with Gasteiger partial charge in [0.2, 0.25) is 5.91 Å². The molecule has 7 heteroatoms. The number of pyridine rings is 1. The van der Waals surface area contributed by atoms with Crippen molar-refractivity contribution < 1.29 is 19.5 Å². The molecule has 2 amide bonds. The molecule has 0 bridgehead atoms. The van der Waals surface area contributed by atoms with E-state index >= 15 is 0 Å². The molecule has 31 heavy (non-hydrogen) atoms. The first-order valence-electron chi connectivity index (χ1n) is 9.64. The lowest BCUT2D eigenvalue weighted by Gasteiger charge is -2.17. The van der Waals surface area contributed by atoms with Crippen LogP contribution in [-0.2, 0) is 11.2 Å². The summed E-state index contributed by atoms with van der Waals surface area (Å²) < 4.78 is 0. The zero-order chi connectivity index (χ0) is 22.0. The number of carbonyl (C=O) groups excluding carboxylic acids is 2. The molecule has 3 aromatic carbocycles. The van der Waals surface area contributed by atoms with Crippen LogP contribution in [0.1, 0.15) is 26.3 Å². The Hall–Kier alpha value is -4.26. The highest BCUT2D eigenvalue weighted by Crippen LogP contribution is 2.26. The summed E-state index contributed by atoms with van der Waals surface area (Å²) in [6.45, 7) is 0. The van der Waals surface area contributed by atoms with Crippen LogP contribution < -0.4 is 11.1 Å². The number of amides is 2. The summed E-state index contributed by atoms with van der Waals surface area (Å²) in [6.07, 6.45) is 0.141. The fourth-order valence-corrected chi connectivity index (χ4v) is 3.56. The molecule has 154 valence electrons. The van der Waals surface area contributed by atoms with Crippen molar-refractivity contribution >= 4 is 39.6 Å². The van der Waals surface area contributed by atoms with E-state index in [2.05, 4.69) is 10.3 Å². The van der Waals surface area contributed by atoms with Crippen LogP contribution in [0.4, 0.5) is 0 Å². The fourth-order valence-electron chi connectivity index (χ4n) is 3.56. The number of aromatic carboxylic acids is 1. The van der Waals surface area contributed by atoms with Crippen molar-refractivity contribution in [2.45, 2.75) is 12.5 Å². The molecule has 7 nitrogen and oxygen atoms in total. The van der Waals surface area contributed by atoms with Gasteiger partial charge in [0.1, 0.15) is 6.04 Å². The first-order chi connectivity index (χ1) is 14.9. The third-order valence-corrected chi connectivity index (χ3v) is 5.10. The smallest absolute Gasteiger partial charge is 0.335 e. The molecule has 0 saturated heterocycles. The van der Waals surface area contributed by atoms with Crippen LogP contribution >= 0.6 is 0 Å². The maximum atomic E-state index is 13.3. The lowest BCUT2D eigenvalue weighted by atomic mass is 10.00. The van der Waals surface area contributed by atoms with Gasteiger partial charge in [0.15, 0.2) is 0 Å². The molecule has 0 saturated carbocycles. The summed E-state index contributed by atoms with van der Waals surface area (Å²) in [7, 11) is 0. The van der Waals surface area contributed by atoms with E-state index < -0.39 is 23.8 Å². The normalized spacial score (nSPS) is 11.9. The molecule has 0 aliphatic carbocycles. The second-order valence-electron chi connectivity index (χ2n) is 7.16. The molecule has 0 aliphatic rings. The average Bonchev–Trinajstić information content (AvgIpc) is 2.77. The number of carbonyl (C=O) groups is 3. The third-order valence-electron chi connectivity index (χ3n) is 5.10.